The molecule has 0 spiro atoms. The fourth-order valence-corrected chi connectivity index (χ4v) is 3.93. The summed E-state index contributed by atoms with van der Waals surface area (Å²) in [5.41, 5.74) is -0.437. The molecule has 0 N–H and O–H groups in total. The van der Waals surface area contributed by atoms with Gasteiger partial charge < -0.3 is 4.74 Å². The zero-order valence-corrected chi connectivity index (χ0v) is 16.9. The van der Waals surface area contributed by atoms with Gasteiger partial charge in [-0.15, -0.1) is 0 Å². The normalized spacial score (nSPS) is 19.2. The summed E-state index contributed by atoms with van der Waals surface area (Å²) in [4.78, 5) is 13.5. The van der Waals surface area contributed by atoms with Crippen LogP contribution in [0.5, 0.6) is 5.75 Å². The van der Waals surface area contributed by atoms with Crippen molar-refractivity contribution in [1.82, 2.24) is 9.55 Å². The van der Waals surface area contributed by atoms with E-state index in [1.807, 2.05) is 0 Å². The van der Waals surface area contributed by atoms with Crippen LogP contribution in [0.4, 0.5) is 17.6 Å². The summed E-state index contributed by atoms with van der Waals surface area (Å²) in [7, 11) is 1.39. The van der Waals surface area contributed by atoms with Gasteiger partial charge in [0.15, 0.2) is 0 Å². The molecule has 3 aromatic rings. The molecule has 1 unspecified atom stereocenters. The number of fused-ring (bicyclic) bond motifs is 5. The van der Waals surface area contributed by atoms with Crippen molar-refractivity contribution < 1.29 is 27.1 Å². The molecule has 0 saturated heterocycles. The molecule has 4 rings (SSSR count). The maximum Gasteiger partial charge on any atom is 0.363 e. The van der Waals surface area contributed by atoms with E-state index in [1.165, 1.54) is 24.7 Å². The Morgan fingerprint density at radius 2 is 1.86 bits per heavy atom. The summed E-state index contributed by atoms with van der Waals surface area (Å²) < 4.78 is 62.4. The Morgan fingerprint density at radius 3 is 2.52 bits per heavy atom. The van der Waals surface area contributed by atoms with Crippen molar-refractivity contribution in [3.8, 4) is 17.1 Å². The molecule has 2 heterocycles. The molecule has 29 heavy (non-hydrogen) atoms. The van der Waals surface area contributed by atoms with Gasteiger partial charge in [-0.3, -0.25) is 9.36 Å². The van der Waals surface area contributed by atoms with Crippen molar-refractivity contribution in [2.24, 2.45) is 0 Å². The van der Waals surface area contributed by atoms with Crippen LogP contribution in [-0.2, 0) is 5.41 Å². The molecule has 4 nitrogen and oxygen atoms in total. The highest BCUT2D eigenvalue weighted by atomic mass is 79.9. The van der Waals surface area contributed by atoms with Crippen LogP contribution in [-0.4, -0.2) is 33.3 Å². The van der Waals surface area contributed by atoms with Gasteiger partial charge in [-0.25, -0.2) is 4.98 Å². The van der Waals surface area contributed by atoms with Gasteiger partial charge in [-0.1, -0.05) is 12.1 Å². The summed E-state index contributed by atoms with van der Waals surface area (Å²) in [6, 6.07) is 11.4. The van der Waals surface area contributed by atoms with E-state index in [0.717, 1.165) is 0 Å². The molecule has 0 fully saturated rings. The lowest BCUT2D eigenvalue weighted by Gasteiger charge is -2.38. The third-order valence-corrected chi connectivity index (χ3v) is 5.87. The highest BCUT2D eigenvalue weighted by molar-refractivity contribution is 9.10. The first-order valence-electron chi connectivity index (χ1n) is 8.65. The Morgan fingerprint density at radius 1 is 1.17 bits per heavy atom. The van der Waals surface area contributed by atoms with Gasteiger partial charge in [0.1, 0.15) is 11.6 Å². The van der Waals surface area contributed by atoms with Crippen LogP contribution in [0.2, 0.25) is 0 Å². The number of carbonyl (C=O) groups is 1. The number of para-hydroxylation sites is 2. The average Bonchev–Trinajstić information content (AvgIpc) is 3.04. The Balaban J connectivity index is 2.02. The number of aromatic nitrogens is 2. The number of nitrogens with zero attached hydrogens (tertiary/aromatic N) is 2. The molecule has 0 bridgehead atoms. The molecule has 0 amide bonds. The number of imidazole rings is 1. The number of hydrogen-bond donors (Lipinski definition) is 0. The monoisotopic (exact) mass is 470 g/mol. The lowest BCUT2D eigenvalue weighted by atomic mass is 9.72. The van der Waals surface area contributed by atoms with E-state index in [9.17, 15) is 22.4 Å². The largest absolute Gasteiger partial charge is 0.497 e. The van der Waals surface area contributed by atoms with Gasteiger partial charge in [0, 0.05) is 12.0 Å². The van der Waals surface area contributed by atoms with Gasteiger partial charge in [0.05, 0.1) is 23.6 Å². The third-order valence-electron chi connectivity index (χ3n) is 5.29. The molecule has 1 atom stereocenters. The van der Waals surface area contributed by atoms with Crippen molar-refractivity contribution in [1.29, 1.82) is 0 Å². The highest BCUT2D eigenvalue weighted by Gasteiger charge is 2.60. The molecule has 1 aliphatic heterocycles. The standard InChI is InChI=1S/C20H15BrF4N2O2/c1-18(10-19(22,23)20(21,24)25)13-9-11(29-2)7-8-12(13)16-26-14-5-3-4-6-15(14)27(16)17(18)28/h3-9H,10H2,1-2H3. The van der Waals surface area contributed by atoms with E-state index in [1.54, 1.807) is 52.3 Å². The van der Waals surface area contributed by atoms with Gasteiger partial charge in [-0.2, -0.15) is 17.6 Å². The smallest absolute Gasteiger partial charge is 0.363 e. The SMILES string of the molecule is COc1ccc2c(c1)C(C)(CC(F)(F)C(F)(F)Br)C(=O)n1c-2nc2ccccc21. The molecular weight excluding hydrogens is 456 g/mol. The predicted molar refractivity (Wildman–Crippen MR) is 103 cm³/mol. The Labute approximate surface area is 171 Å². The zero-order valence-electron chi connectivity index (χ0n) is 15.3. The fourth-order valence-electron chi connectivity index (χ4n) is 3.79. The van der Waals surface area contributed by atoms with Crippen LogP contribution in [0.1, 0.15) is 23.7 Å². The summed E-state index contributed by atoms with van der Waals surface area (Å²) in [5.74, 6) is -4.63. The molecule has 9 heteroatoms. The van der Waals surface area contributed by atoms with Gasteiger partial charge in [-0.05, 0) is 58.7 Å². The third kappa shape index (κ3) is 2.86. The molecule has 152 valence electrons. The topological polar surface area (TPSA) is 44.1 Å². The van der Waals surface area contributed by atoms with Crippen LogP contribution < -0.4 is 4.74 Å². The van der Waals surface area contributed by atoms with E-state index < -0.39 is 28.5 Å². The summed E-state index contributed by atoms with van der Waals surface area (Å²) in [5, 5.41) is 0. The molecular formula is C20H15BrF4N2O2. The van der Waals surface area contributed by atoms with Gasteiger partial charge >= 0.3 is 10.8 Å². The van der Waals surface area contributed by atoms with Crippen LogP contribution in [0.3, 0.4) is 0 Å². The van der Waals surface area contributed by atoms with E-state index in [2.05, 4.69) is 4.98 Å². The minimum absolute atomic E-state index is 0.168. The molecule has 2 aromatic carbocycles. The number of benzene rings is 2. The molecule has 0 saturated carbocycles. The molecule has 0 aliphatic carbocycles. The summed E-state index contributed by atoms with van der Waals surface area (Å²) >= 11 is 1.76. The quantitative estimate of drug-likeness (QED) is 0.366. The average molecular weight is 471 g/mol. The number of alkyl halides is 5. The second-order valence-corrected chi connectivity index (χ2v) is 8.18. The second kappa shape index (κ2) is 6.29. The van der Waals surface area contributed by atoms with E-state index in [0.29, 0.717) is 22.3 Å². The lowest BCUT2D eigenvalue weighted by Crippen LogP contribution is -2.48. The van der Waals surface area contributed by atoms with Gasteiger partial charge in [0.2, 0.25) is 5.91 Å². The number of ether oxygens (including phenoxy) is 1. The maximum atomic E-state index is 14.4. The summed E-state index contributed by atoms with van der Waals surface area (Å²) in [6.07, 6.45) is -1.40. The Bertz CT molecular complexity index is 1140. The van der Waals surface area contributed by atoms with E-state index >= 15 is 0 Å². The van der Waals surface area contributed by atoms with Crippen LogP contribution in [0.15, 0.2) is 42.5 Å². The van der Waals surface area contributed by atoms with Crippen molar-refractivity contribution in [2.45, 2.75) is 29.5 Å². The van der Waals surface area contributed by atoms with Crippen molar-refractivity contribution in [2.75, 3.05) is 7.11 Å². The first-order chi connectivity index (χ1) is 13.5. The second-order valence-electron chi connectivity index (χ2n) is 7.19. The minimum Gasteiger partial charge on any atom is -0.497 e. The fraction of sp³-hybridized carbons (Fsp3) is 0.300. The molecule has 1 aliphatic rings. The summed E-state index contributed by atoms with van der Waals surface area (Å²) in [6.45, 7) is 1.25. The maximum absolute atomic E-state index is 14.4. The van der Waals surface area contributed by atoms with Crippen LogP contribution >= 0.6 is 15.9 Å². The highest BCUT2D eigenvalue weighted by Crippen LogP contribution is 2.51. The van der Waals surface area contributed by atoms with E-state index in [-0.39, 0.29) is 11.4 Å². The molecule has 0 radical (unpaired) electrons. The van der Waals surface area contributed by atoms with E-state index in [4.69, 9.17) is 4.74 Å². The van der Waals surface area contributed by atoms with Crippen molar-refractivity contribution in [3.63, 3.8) is 0 Å². The van der Waals surface area contributed by atoms with Crippen LogP contribution in [0, 0.1) is 0 Å². The number of carbonyl (C=O) groups excluding carboxylic acids is 1. The zero-order chi connectivity index (χ0) is 21.2. The molecule has 1 aromatic heterocycles. The van der Waals surface area contributed by atoms with Crippen LogP contribution in [0.25, 0.3) is 22.4 Å². The first kappa shape index (κ1) is 19.9. The van der Waals surface area contributed by atoms with Crippen molar-refractivity contribution >= 4 is 32.9 Å². The van der Waals surface area contributed by atoms with Gasteiger partial charge in [0.25, 0.3) is 0 Å². The number of rotatable bonds is 4. The van der Waals surface area contributed by atoms with Crippen molar-refractivity contribution in [3.05, 3.63) is 48.0 Å². The minimum atomic E-state index is -4.48. The number of halogens is 5. The lowest BCUT2D eigenvalue weighted by molar-refractivity contribution is -0.158. The number of methoxy groups -OCH3 is 1. The predicted octanol–water partition coefficient (Wildman–Crippen LogP) is 5.64. The number of hydrogen-bond acceptors (Lipinski definition) is 3. The Kier molecular flexibility index (Phi) is 4.31. The first-order valence-corrected chi connectivity index (χ1v) is 9.44. The Hall–Kier alpha value is -2.42.